The van der Waals surface area contributed by atoms with Crippen LogP contribution in [0, 0.1) is 0 Å². The van der Waals surface area contributed by atoms with Gasteiger partial charge in [-0.2, -0.15) is 0 Å². The Morgan fingerprint density at radius 1 is 0.404 bits per heavy atom. The quantitative estimate of drug-likeness (QED) is 0.192. The van der Waals surface area contributed by atoms with E-state index >= 15 is 0 Å². The molecule has 7 heteroatoms. The van der Waals surface area contributed by atoms with Crippen LogP contribution >= 0.6 is 15.8 Å². The first-order valence-corrected chi connectivity index (χ1v) is 17.6. The molecule has 0 fully saturated rings. The number of benzene rings is 6. The molecule has 0 radical (unpaired) electrons. The van der Waals surface area contributed by atoms with Crippen molar-refractivity contribution in [2.45, 2.75) is 12.8 Å². The second-order valence-electron chi connectivity index (χ2n) is 10.1. The summed E-state index contributed by atoms with van der Waals surface area (Å²) in [6, 6.07) is 64.7. The van der Waals surface area contributed by atoms with Crippen LogP contribution in [0.15, 0.2) is 187 Å². The molecule has 6 aromatic carbocycles. The fraction of sp³-hybridized carbons (Fsp3) is 0.0500. The average molecular weight is 809 g/mol. The van der Waals surface area contributed by atoms with Crippen LogP contribution < -0.4 is 53.9 Å². The third kappa shape index (κ3) is 11.6. The molecule has 1 aliphatic rings. The Balaban J connectivity index is 0.000000205. The van der Waals surface area contributed by atoms with Crippen molar-refractivity contribution in [3.63, 3.8) is 0 Å². The van der Waals surface area contributed by atoms with Crippen LogP contribution in [0.1, 0.15) is 12.8 Å². The largest absolute Gasteiger partial charge is 2.00 e. The van der Waals surface area contributed by atoms with Gasteiger partial charge in [0.2, 0.25) is 5.91 Å². The number of nitrogens with zero attached hydrogens (tertiary/aromatic N) is 1. The van der Waals surface area contributed by atoms with Crippen molar-refractivity contribution in [2.75, 3.05) is 0 Å². The Labute approximate surface area is 304 Å². The Bertz CT molecular complexity index is 1460. The fourth-order valence-electron chi connectivity index (χ4n) is 4.82. The van der Waals surface area contributed by atoms with Gasteiger partial charge in [-0.3, -0.25) is 4.79 Å². The predicted molar refractivity (Wildman–Crippen MR) is 192 cm³/mol. The van der Waals surface area contributed by atoms with Crippen LogP contribution in [-0.2, 0) is 25.2 Å². The second-order valence-corrected chi connectivity index (χ2v) is 14.5. The van der Waals surface area contributed by atoms with Gasteiger partial charge >= 0.3 is 20.4 Å². The molecule has 0 saturated heterocycles. The molecule has 0 N–H and O–H groups in total. The van der Waals surface area contributed by atoms with Gasteiger partial charge in [0, 0.05) is 6.42 Å². The number of hydrogen-bond donors (Lipinski definition) is 0. The normalized spacial score (nSPS) is 11.5. The number of carbonyl (C=O) groups is 1. The molecule has 47 heavy (non-hydrogen) atoms. The summed E-state index contributed by atoms with van der Waals surface area (Å²) in [6.45, 7) is 0. The molecule has 0 saturated carbocycles. The topological polar surface area (TPSA) is 52.5 Å². The summed E-state index contributed by atoms with van der Waals surface area (Å²) in [5.74, 6) is -0.546. The Morgan fingerprint density at radius 2 is 0.617 bits per heavy atom. The molecule has 0 atom stereocenters. The number of hydrogen-bond acceptors (Lipinski definition) is 2. The minimum absolute atomic E-state index is 0. The van der Waals surface area contributed by atoms with Crippen LogP contribution in [0.4, 0.5) is 0 Å². The van der Waals surface area contributed by atoms with Gasteiger partial charge in [-0.25, -0.2) is 4.99 Å². The van der Waals surface area contributed by atoms with Gasteiger partial charge in [0.15, 0.2) is 0 Å². The number of rotatable bonds is 6. The maximum Gasteiger partial charge on any atom is 2.00 e. The zero-order chi connectivity index (χ0) is 31.1. The minimum atomic E-state index is -0.446. The Hall–Kier alpha value is -3.54. The van der Waals surface area contributed by atoms with Gasteiger partial charge in [0.1, 0.15) is 0 Å². The van der Waals surface area contributed by atoms with E-state index in [4.69, 9.17) is 0 Å². The van der Waals surface area contributed by atoms with E-state index in [-0.39, 0.29) is 49.2 Å². The number of halogens is 1. The minimum Gasteiger partial charge on any atom is -1.00 e. The zero-order valence-corrected chi connectivity index (χ0v) is 30.5. The van der Waals surface area contributed by atoms with E-state index in [1.165, 1.54) is 31.8 Å². The molecule has 0 aromatic heterocycles. The summed E-state index contributed by atoms with van der Waals surface area (Å²) >= 11 is 0. The molecule has 1 amide bonds. The SMILES string of the molecule is O=C1CCC([O-])=N1.[Br-].[Pd+2].c1ccc(P(c2ccccc2)c2ccccc2)cc1.c1ccc(P(c2ccccc2)c2ccccc2)cc1. The standard InChI is InChI=1S/2C18H15P.C4H5NO2.BrH.Pd/c2*1-4-10-16(11-5-1)19(17-12-6-2-7-13-17)18-14-8-3-9-15-18;6-3-1-2-4(7)5-3;;/h2*1-15H;1-2H2,(H,5,6,7);1H;/q;;;;+2/p-2. The number of amides is 1. The van der Waals surface area contributed by atoms with Gasteiger partial charge in [0.05, 0.1) is 0 Å². The first-order chi connectivity index (χ1) is 22.2. The van der Waals surface area contributed by atoms with Crippen LogP contribution in [0.5, 0.6) is 0 Å². The smallest absolute Gasteiger partial charge is 1.00 e. The van der Waals surface area contributed by atoms with Crippen molar-refractivity contribution in [2.24, 2.45) is 4.99 Å². The predicted octanol–water partition coefficient (Wildman–Crippen LogP) is 2.96. The third-order valence-electron chi connectivity index (χ3n) is 6.89. The Kier molecular flexibility index (Phi) is 16.7. The van der Waals surface area contributed by atoms with Crippen molar-refractivity contribution in [1.29, 1.82) is 0 Å². The molecule has 0 unspecified atom stereocenters. The molecule has 0 aliphatic carbocycles. The summed E-state index contributed by atoms with van der Waals surface area (Å²) in [5, 5.41) is 18.5. The van der Waals surface area contributed by atoms with Crippen LogP contribution in [-0.4, -0.2) is 11.8 Å². The van der Waals surface area contributed by atoms with Gasteiger partial charge in [0.25, 0.3) is 0 Å². The summed E-state index contributed by atoms with van der Waals surface area (Å²) in [5.41, 5.74) is 0. The molecule has 0 bridgehead atoms. The van der Waals surface area contributed by atoms with Gasteiger partial charge in [-0.15, -0.1) is 0 Å². The maximum absolute atomic E-state index is 10.1. The average Bonchev–Trinajstić information content (AvgIpc) is 3.50. The Morgan fingerprint density at radius 3 is 0.745 bits per heavy atom. The molecule has 0 spiro atoms. The van der Waals surface area contributed by atoms with Gasteiger partial charge in [-0.05, 0) is 60.0 Å². The van der Waals surface area contributed by atoms with E-state index in [1.54, 1.807) is 0 Å². The van der Waals surface area contributed by atoms with Crippen molar-refractivity contribution in [3.8, 4) is 0 Å². The van der Waals surface area contributed by atoms with Gasteiger partial charge < -0.3 is 22.1 Å². The van der Waals surface area contributed by atoms with Crippen molar-refractivity contribution < 1.29 is 47.3 Å². The summed E-state index contributed by atoms with van der Waals surface area (Å²) in [4.78, 5) is 13.2. The first kappa shape index (κ1) is 37.9. The van der Waals surface area contributed by atoms with E-state index in [0.717, 1.165) is 0 Å². The number of aliphatic imine (C=N–C) groups is 1. The van der Waals surface area contributed by atoms with E-state index in [0.29, 0.717) is 12.8 Å². The van der Waals surface area contributed by atoms with Gasteiger partial charge in [-0.1, -0.05) is 182 Å². The second kappa shape index (κ2) is 20.6. The molecule has 6 aromatic rings. The molecule has 7 rings (SSSR count). The van der Waals surface area contributed by atoms with Crippen LogP contribution in [0.3, 0.4) is 0 Å². The van der Waals surface area contributed by atoms with Crippen molar-refractivity contribution >= 4 is 59.5 Å². The van der Waals surface area contributed by atoms with Crippen LogP contribution in [0.25, 0.3) is 0 Å². The molecule has 238 valence electrons. The fourth-order valence-corrected chi connectivity index (χ4v) is 9.43. The van der Waals surface area contributed by atoms with E-state index in [1.807, 2.05) is 0 Å². The molecular weight excluding hydrogens is 775 g/mol. The molecule has 3 nitrogen and oxygen atoms in total. The van der Waals surface area contributed by atoms with Crippen LogP contribution in [0.2, 0.25) is 0 Å². The van der Waals surface area contributed by atoms with E-state index in [2.05, 4.69) is 187 Å². The summed E-state index contributed by atoms with van der Waals surface area (Å²) in [6.07, 6.45) is 0.637. The monoisotopic (exact) mass is 807 g/mol. The molecule has 1 heterocycles. The first-order valence-electron chi connectivity index (χ1n) is 14.9. The maximum atomic E-state index is 10.1. The summed E-state index contributed by atoms with van der Waals surface area (Å²) in [7, 11) is -0.892. The van der Waals surface area contributed by atoms with E-state index < -0.39 is 15.8 Å². The van der Waals surface area contributed by atoms with Crippen molar-refractivity contribution in [3.05, 3.63) is 182 Å². The zero-order valence-electron chi connectivity index (χ0n) is 25.6. The van der Waals surface area contributed by atoms with Crippen molar-refractivity contribution in [1.82, 2.24) is 0 Å². The summed E-state index contributed by atoms with van der Waals surface area (Å²) < 4.78 is 0. The third-order valence-corrected chi connectivity index (χ3v) is 11.8. The van der Waals surface area contributed by atoms with E-state index in [9.17, 15) is 9.90 Å². The number of carbonyl (C=O) groups excluding carboxylic acids is 1. The molecular formula is C40H34BrNO2P2Pd. The molecule has 1 aliphatic heterocycles.